The van der Waals surface area contributed by atoms with Crippen LogP contribution in [0.25, 0.3) is 0 Å². The van der Waals surface area contributed by atoms with E-state index in [4.69, 9.17) is 11.6 Å². The lowest BCUT2D eigenvalue weighted by Crippen LogP contribution is -2.58. The molecule has 3 heteroatoms. The van der Waals surface area contributed by atoms with Crippen LogP contribution in [-0.4, -0.2) is 30.1 Å². The Morgan fingerprint density at radius 3 is 2.62 bits per heavy atom. The maximum Gasteiger partial charge on any atom is 0.0406 e. The third kappa shape index (κ3) is 3.80. The molecule has 1 aliphatic carbocycles. The minimum Gasteiger partial charge on any atom is -0.311 e. The minimum absolute atomic E-state index is 0.636. The highest BCUT2D eigenvalue weighted by molar-refractivity contribution is 6.30. The van der Waals surface area contributed by atoms with Gasteiger partial charge in [-0.05, 0) is 42.4 Å². The topological polar surface area (TPSA) is 15.3 Å². The SMILES string of the molecule is CCC(C)C1CN(Cc2ccc(Cl)cc2)C(C2CC2)CN1. The van der Waals surface area contributed by atoms with Gasteiger partial charge in [-0.1, -0.05) is 44.0 Å². The normalized spacial score (nSPS) is 28.5. The van der Waals surface area contributed by atoms with Crippen molar-refractivity contribution in [2.75, 3.05) is 13.1 Å². The summed E-state index contributed by atoms with van der Waals surface area (Å²) in [4.78, 5) is 2.72. The van der Waals surface area contributed by atoms with Gasteiger partial charge in [0.15, 0.2) is 0 Å². The standard InChI is InChI=1S/C18H27ClN2/c1-3-13(2)17-12-21(18(10-20-17)15-6-7-15)11-14-4-8-16(19)9-5-14/h4-5,8-9,13,15,17-18,20H,3,6-7,10-12H2,1-2H3. The lowest BCUT2D eigenvalue weighted by molar-refractivity contribution is 0.0891. The summed E-state index contributed by atoms with van der Waals surface area (Å²) in [6, 6.07) is 9.73. The van der Waals surface area contributed by atoms with Crippen molar-refractivity contribution in [1.82, 2.24) is 10.2 Å². The molecule has 1 saturated carbocycles. The first-order valence-corrected chi connectivity index (χ1v) is 8.77. The summed E-state index contributed by atoms with van der Waals surface area (Å²) < 4.78 is 0. The molecule has 1 saturated heterocycles. The smallest absolute Gasteiger partial charge is 0.0406 e. The first kappa shape index (κ1) is 15.3. The van der Waals surface area contributed by atoms with Gasteiger partial charge in [0.25, 0.3) is 0 Å². The molecule has 0 aromatic heterocycles. The highest BCUT2D eigenvalue weighted by Gasteiger charge is 2.39. The lowest BCUT2D eigenvalue weighted by Gasteiger charge is -2.42. The van der Waals surface area contributed by atoms with E-state index in [1.165, 1.54) is 31.4 Å². The lowest BCUT2D eigenvalue weighted by atomic mass is 9.94. The molecule has 2 nitrogen and oxygen atoms in total. The van der Waals surface area contributed by atoms with E-state index in [0.717, 1.165) is 36.0 Å². The average molecular weight is 307 g/mol. The van der Waals surface area contributed by atoms with Gasteiger partial charge < -0.3 is 5.32 Å². The molecule has 0 spiro atoms. The summed E-state index contributed by atoms with van der Waals surface area (Å²) in [5.74, 6) is 1.67. The Hall–Kier alpha value is -0.570. The van der Waals surface area contributed by atoms with Gasteiger partial charge in [0.05, 0.1) is 0 Å². The van der Waals surface area contributed by atoms with Crippen molar-refractivity contribution in [2.45, 2.75) is 51.7 Å². The van der Waals surface area contributed by atoms with E-state index in [1.807, 2.05) is 12.1 Å². The first-order chi connectivity index (χ1) is 10.2. The predicted molar refractivity (Wildman–Crippen MR) is 89.6 cm³/mol. The molecule has 0 amide bonds. The van der Waals surface area contributed by atoms with Crippen LogP contribution < -0.4 is 5.32 Å². The van der Waals surface area contributed by atoms with Crippen LogP contribution in [0, 0.1) is 11.8 Å². The van der Waals surface area contributed by atoms with Crippen LogP contribution >= 0.6 is 11.6 Å². The summed E-state index contributed by atoms with van der Waals surface area (Å²) in [6.45, 7) is 8.07. The van der Waals surface area contributed by atoms with Crippen molar-refractivity contribution in [3.63, 3.8) is 0 Å². The van der Waals surface area contributed by atoms with E-state index in [0.29, 0.717) is 6.04 Å². The number of benzene rings is 1. The van der Waals surface area contributed by atoms with Gasteiger partial charge >= 0.3 is 0 Å². The van der Waals surface area contributed by atoms with Crippen LogP contribution in [0.5, 0.6) is 0 Å². The van der Waals surface area contributed by atoms with Crippen molar-refractivity contribution >= 4 is 11.6 Å². The largest absolute Gasteiger partial charge is 0.311 e. The van der Waals surface area contributed by atoms with E-state index in [1.54, 1.807) is 0 Å². The van der Waals surface area contributed by atoms with Gasteiger partial charge in [-0.2, -0.15) is 0 Å². The van der Waals surface area contributed by atoms with Crippen LogP contribution in [-0.2, 0) is 6.54 Å². The molecule has 2 fully saturated rings. The first-order valence-electron chi connectivity index (χ1n) is 8.39. The number of hydrogen-bond donors (Lipinski definition) is 1. The molecule has 3 rings (SSSR count). The molecule has 0 bridgehead atoms. The molecule has 1 aliphatic heterocycles. The van der Waals surface area contributed by atoms with Gasteiger partial charge in [-0.15, -0.1) is 0 Å². The van der Waals surface area contributed by atoms with Crippen LogP contribution in [0.15, 0.2) is 24.3 Å². The second kappa shape index (κ2) is 6.68. The van der Waals surface area contributed by atoms with E-state index >= 15 is 0 Å². The molecule has 1 N–H and O–H groups in total. The summed E-state index contributed by atoms with van der Waals surface area (Å²) in [7, 11) is 0. The zero-order valence-electron chi connectivity index (χ0n) is 13.2. The number of piperazine rings is 1. The van der Waals surface area contributed by atoms with Crippen LogP contribution in [0.3, 0.4) is 0 Å². The molecule has 21 heavy (non-hydrogen) atoms. The van der Waals surface area contributed by atoms with Crippen LogP contribution in [0.2, 0.25) is 5.02 Å². The zero-order valence-corrected chi connectivity index (χ0v) is 13.9. The summed E-state index contributed by atoms with van der Waals surface area (Å²) in [5.41, 5.74) is 1.38. The van der Waals surface area contributed by atoms with Crippen LogP contribution in [0.1, 0.15) is 38.7 Å². The summed E-state index contributed by atoms with van der Waals surface area (Å²) in [6.07, 6.45) is 4.08. The van der Waals surface area contributed by atoms with E-state index < -0.39 is 0 Å². The Bertz CT molecular complexity index is 455. The Labute approximate surface area is 133 Å². The fourth-order valence-corrected chi connectivity index (χ4v) is 3.60. The number of nitrogens with one attached hydrogen (secondary N) is 1. The molecule has 1 heterocycles. The highest BCUT2D eigenvalue weighted by Crippen LogP contribution is 2.37. The Morgan fingerprint density at radius 1 is 1.29 bits per heavy atom. The third-order valence-electron chi connectivity index (χ3n) is 5.29. The molecule has 3 atom stereocenters. The molecule has 1 aromatic rings. The predicted octanol–water partition coefficient (Wildman–Crippen LogP) is 3.94. The summed E-state index contributed by atoms with van der Waals surface area (Å²) in [5, 5.41) is 4.63. The van der Waals surface area contributed by atoms with Gasteiger partial charge in [0.2, 0.25) is 0 Å². The Morgan fingerprint density at radius 2 is 2.00 bits per heavy atom. The Balaban J connectivity index is 1.69. The van der Waals surface area contributed by atoms with Crippen molar-refractivity contribution < 1.29 is 0 Å². The summed E-state index contributed by atoms with van der Waals surface area (Å²) >= 11 is 6.00. The molecule has 2 aliphatic rings. The van der Waals surface area contributed by atoms with Crippen molar-refractivity contribution in [3.8, 4) is 0 Å². The van der Waals surface area contributed by atoms with Crippen molar-refractivity contribution in [1.29, 1.82) is 0 Å². The Kier molecular flexibility index (Phi) is 4.88. The van der Waals surface area contributed by atoms with Crippen LogP contribution in [0.4, 0.5) is 0 Å². The zero-order chi connectivity index (χ0) is 14.8. The third-order valence-corrected chi connectivity index (χ3v) is 5.54. The van der Waals surface area contributed by atoms with Gasteiger partial charge in [-0.3, -0.25) is 4.90 Å². The molecule has 116 valence electrons. The highest BCUT2D eigenvalue weighted by atomic mass is 35.5. The molecule has 3 unspecified atom stereocenters. The fraction of sp³-hybridized carbons (Fsp3) is 0.667. The quantitative estimate of drug-likeness (QED) is 0.886. The monoisotopic (exact) mass is 306 g/mol. The van der Waals surface area contributed by atoms with Gasteiger partial charge in [-0.25, -0.2) is 0 Å². The van der Waals surface area contributed by atoms with E-state index in [2.05, 4.69) is 36.2 Å². The van der Waals surface area contributed by atoms with Gasteiger partial charge in [0.1, 0.15) is 0 Å². The number of nitrogens with zero attached hydrogens (tertiary/aromatic N) is 1. The molecule has 0 radical (unpaired) electrons. The van der Waals surface area contributed by atoms with E-state index in [-0.39, 0.29) is 0 Å². The number of rotatable bonds is 5. The second-order valence-electron chi connectivity index (χ2n) is 6.86. The molecule has 1 aromatic carbocycles. The maximum atomic E-state index is 6.00. The number of hydrogen-bond acceptors (Lipinski definition) is 2. The fourth-order valence-electron chi connectivity index (χ4n) is 3.47. The van der Waals surface area contributed by atoms with Crippen molar-refractivity contribution in [2.24, 2.45) is 11.8 Å². The molecular formula is C18H27ClN2. The van der Waals surface area contributed by atoms with E-state index in [9.17, 15) is 0 Å². The average Bonchev–Trinajstić information content (AvgIpc) is 3.33. The second-order valence-corrected chi connectivity index (χ2v) is 7.30. The molecular weight excluding hydrogens is 280 g/mol. The van der Waals surface area contributed by atoms with Gasteiger partial charge in [0, 0.05) is 36.7 Å². The minimum atomic E-state index is 0.636. The maximum absolute atomic E-state index is 6.00. The van der Waals surface area contributed by atoms with Crippen molar-refractivity contribution in [3.05, 3.63) is 34.9 Å². The number of halogens is 1.